The summed E-state index contributed by atoms with van der Waals surface area (Å²) < 4.78 is 22.5. The van der Waals surface area contributed by atoms with Crippen molar-refractivity contribution in [2.24, 2.45) is 0 Å². The standard InChI is InChI=1S/C6H4BrN3/c7-6-9-3-4-1-2-8-5(4)10-6/h1-3H,(H,8,9,10)/i1D,2D,3D. The summed E-state index contributed by atoms with van der Waals surface area (Å²) in [6, 6.07) is -0.0347. The lowest BCUT2D eigenvalue weighted by Crippen LogP contribution is -1.80. The third-order valence-electron chi connectivity index (χ3n) is 1.07. The fourth-order valence-electron chi connectivity index (χ4n) is 0.659. The molecule has 0 aliphatic heterocycles. The molecule has 0 radical (unpaired) electrons. The summed E-state index contributed by atoms with van der Waals surface area (Å²) in [5.74, 6) is 0. The van der Waals surface area contributed by atoms with Crippen molar-refractivity contribution in [1.29, 1.82) is 0 Å². The number of aromatic nitrogens is 3. The molecule has 0 amide bonds. The minimum Gasteiger partial charge on any atom is -0.346 e. The molecule has 1 N–H and O–H groups in total. The molecule has 2 rings (SSSR count). The van der Waals surface area contributed by atoms with E-state index in [0.29, 0.717) is 5.65 Å². The highest BCUT2D eigenvalue weighted by molar-refractivity contribution is 9.10. The molecule has 0 bridgehead atoms. The van der Waals surface area contributed by atoms with Crippen LogP contribution in [-0.2, 0) is 0 Å². The van der Waals surface area contributed by atoms with E-state index in [4.69, 9.17) is 4.11 Å². The topological polar surface area (TPSA) is 41.6 Å². The van der Waals surface area contributed by atoms with Gasteiger partial charge in [0.25, 0.3) is 0 Å². The van der Waals surface area contributed by atoms with Gasteiger partial charge >= 0.3 is 0 Å². The van der Waals surface area contributed by atoms with Gasteiger partial charge in [-0.2, -0.15) is 0 Å². The van der Waals surface area contributed by atoms with Crippen LogP contribution in [0.1, 0.15) is 4.11 Å². The van der Waals surface area contributed by atoms with Gasteiger partial charge in [-0.1, -0.05) is 0 Å². The number of H-pyrrole nitrogens is 1. The van der Waals surface area contributed by atoms with Gasteiger partial charge < -0.3 is 4.98 Å². The van der Waals surface area contributed by atoms with Crippen LogP contribution in [0.15, 0.2) is 23.1 Å². The number of fused-ring (bicyclic) bond motifs is 1. The lowest BCUT2D eigenvalue weighted by molar-refractivity contribution is 1.14. The zero-order chi connectivity index (χ0) is 9.59. The van der Waals surface area contributed by atoms with Gasteiger partial charge in [0, 0.05) is 17.7 Å². The maximum absolute atomic E-state index is 7.45. The predicted octanol–water partition coefficient (Wildman–Crippen LogP) is 1.72. The summed E-state index contributed by atoms with van der Waals surface area (Å²) in [5.41, 5.74) is 0.349. The van der Waals surface area contributed by atoms with Gasteiger partial charge in [-0.05, 0) is 22.0 Å². The Kier molecular flexibility index (Phi) is 0.715. The minimum absolute atomic E-state index is 0.0347. The van der Waals surface area contributed by atoms with Crippen LogP contribution >= 0.6 is 15.9 Å². The molecule has 2 aromatic rings. The molecule has 0 saturated carbocycles. The number of hydrogen-bond donors (Lipinski definition) is 1. The maximum atomic E-state index is 7.45. The lowest BCUT2D eigenvalue weighted by Gasteiger charge is -1.87. The van der Waals surface area contributed by atoms with Crippen LogP contribution in [-0.4, -0.2) is 15.0 Å². The Balaban J connectivity index is 2.94. The zero-order valence-corrected chi connectivity index (χ0v) is 6.36. The van der Waals surface area contributed by atoms with Crippen LogP contribution < -0.4 is 0 Å². The second-order valence-electron chi connectivity index (χ2n) is 1.70. The largest absolute Gasteiger partial charge is 0.346 e. The Morgan fingerprint density at radius 2 is 2.60 bits per heavy atom. The first kappa shape index (κ1) is 3.48. The van der Waals surface area contributed by atoms with E-state index in [9.17, 15) is 0 Å². The van der Waals surface area contributed by atoms with E-state index < -0.39 is 0 Å². The van der Waals surface area contributed by atoms with Crippen molar-refractivity contribution < 1.29 is 4.11 Å². The van der Waals surface area contributed by atoms with E-state index in [1.165, 1.54) is 0 Å². The normalized spacial score (nSPS) is 14.7. The van der Waals surface area contributed by atoms with Crippen LogP contribution in [0.4, 0.5) is 0 Å². The molecule has 0 unspecified atom stereocenters. The number of nitrogens with one attached hydrogen (secondary N) is 1. The fourth-order valence-corrected chi connectivity index (χ4v) is 0.925. The van der Waals surface area contributed by atoms with Crippen molar-refractivity contribution in [3.8, 4) is 0 Å². The molecule has 2 aromatic heterocycles. The minimum atomic E-state index is -0.0455. The van der Waals surface area contributed by atoms with Gasteiger partial charge in [-0.3, -0.25) is 0 Å². The van der Waals surface area contributed by atoms with Crippen LogP contribution in [0, 0.1) is 0 Å². The number of halogens is 1. The molecule has 0 spiro atoms. The molecule has 0 saturated heterocycles. The summed E-state index contributed by atoms with van der Waals surface area (Å²) in [5, 5.41) is 0.285. The van der Waals surface area contributed by atoms with Crippen molar-refractivity contribution in [3.63, 3.8) is 0 Å². The number of rotatable bonds is 0. The second kappa shape index (κ2) is 2.05. The molecule has 3 nitrogen and oxygen atoms in total. The molecule has 0 aliphatic rings. The fraction of sp³-hybridized carbons (Fsp3) is 0. The second-order valence-corrected chi connectivity index (χ2v) is 2.41. The highest BCUT2D eigenvalue weighted by Gasteiger charge is 1.94. The molecule has 0 aromatic carbocycles. The SMILES string of the molecule is [2H]c1[nH]c2nc(Br)nc([2H])c2c1[2H]. The molecule has 0 atom stereocenters. The highest BCUT2D eigenvalue weighted by Crippen LogP contribution is 2.09. The Hall–Kier alpha value is -0.900. The summed E-state index contributed by atoms with van der Waals surface area (Å²) in [4.78, 5) is 10.2. The third-order valence-corrected chi connectivity index (χ3v) is 1.42. The zero-order valence-electron chi connectivity index (χ0n) is 7.77. The predicted molar refractivity (Wildman–Crippen MR) is 41.6 cm³/mol. The van der Waals surface area contributed by atoms with Crippen molar-refractivity contribution in [3.05, 3.63) is 23.1 Å². The van der Waals surface area contributed by atoms with Crippen LogP contribution in [0.2, 0.25) is 0 Å². The number of nitrogens with zero attached hydrogens (tertiary/aromatic N) is 2. The quantitative estimate of drug-likeness (QED) is 0.659. The van der Waals surface area contributed by atoms with E-state index >= 15 is 0 Å². The summed E-state index contributed by atoms with van der Waals surface area (Å²) in [6.45, 7) is 0. The molecule has 0 aliphatic carbocycles. The van der Waals surface area contributed by atoms with Crippen molar-refractivity contribution in [2.45, 2.75) is 0 Å². The van der Waals surface area contributed by atoms with E-state index in [0.717, 1.165) is 0 Å². The lowest BCUT2D eigenvalue weighted by atomic mass is 10.4. The van der Waals surface area contributed by atoms with Crippen LogP contribution in [0.3, 0.4) is 0 Å². The van der Waals surface area contributed by atoms with Crippen LogP contribution in [0.5, 0.6) is 0 Å². The third kappa shape index (κ3) is 0.806. The number of hydrogen-bond acceptors (Lipinski definition) is 2. The molecule has 4 heteroatoms. The molecular formula is C6H4BrN3. The Labute approximate surface area is 69.8 Å². The molecule has 10 heavy (non-hydrogen) atoms. The van der Waals surface area contributed by atoms with Crippen LogP contribution in [0.25, 0.3) is 11.0 Å². The average Bonchev–Trinajstić information content (AvgIpc) is 2.27. The highest BCUT2D eigenvalue weighted by atomic mass is 79.9. The van der Waals surface area contributed by atoms with Gasteiger partial charge in [-0.25, -0.2) is 9.97 Å². The van der Waals surface area contributed by atoms with E-state index in [-0.39, 0.29) is 28.5 Å². The first-order valence-electron chi connectivity index (χ1n) is 4.08. The average molecular weight is 201 g/mol. The van der Waals surface area contributed by atoms with E-state index in [1.807, 2.05) is 0 Å². The van der Waals surface area contributed by atoms with Crippen molar-refractivity contribution in [1.82, 2.24) is 15.0 Å². The number of aromatic amines is 1. The monoisotopic (exact) mass is 200 g/mol. The first-order valence-corrected chi connectivity index (χ1v) is 3.38. The van der Waals surface area contributed by atoms with Gasteiger partial charge in [0.05, 0.1) is 4.11 Å². The maximum Gasteiger partial charge on any atom is 0.198 e. The van der Waals surface area contributed by atoms with E-state index in [2.05, 4.69) is 30.9 Å². The van der Waals surface area contributed by atoms with Gasteiger partial charge in [0.2, 0.25) is 0 Å². The van der Waals surface area contributed by atoms with Gasteiger partial charge in [0.1, 0.15) is 5.65 Å². The van der Waals surface area contributed by atoms with Gasteiger partial charge in [0.15, 0.2) is 4.73 Å². The first-order chi connectivity index (χ1) is 6.09. The molecule has 2 heterocycles. The summed E-state index contributed by atoms with van der Waals surface area (Å²) in [7, 11) is 0. The molecular weight excluding hydrogens is 194 g/mol. The molecule has 0 fully saturated rings. The smallest absolute Gasteiger partial charge is 0.198 e. The summed E-state index contributed by atoms with van der Waals surface area (Å²) >= 11 is 3.03. The van der Waals surface area contributed by atoms with Gasteiger partial charge in [-0.15, -0.1) is 0 Å². The summed E-state index contributed by atoms with van der Waals surface area (Å²) in [6.07, 6.45) is -0.0903. The molecule has 50 valence electrons. The Bertz CT molecular complexity index is 481. The van der Waals surface area contributed by atoms with Crippen molar-refractivity contribution >= 4 is 27.0 Å². The van der Waals surface area contributed by atoms with Crippen molar-refractivity contribution in [2.75, 3.05) is 0 Å². The Morgan fingerprint density at radius 1 is 1.70 bits per heavy atom. The Morgan fingerprint density at radius 3 is 3.50 bits per heavy atom. The van der Waals surface area contributed by atoms with E-state index in [1.54, 1.807) is 0 Å².